The summed E-state index contributed by atoms with van der Waals surface area (Å²) in [6, 6.07) is 7.91. The Morgan fingerprint density at radius 1 is 1.31 bits per heavy atom. The molecule has 88 valence electrons. The molecule has 0 radical (unpaired) electrons. The first kappa shape index (κ1) is 12.2. The van der Waals surface area contributed by atoms with Crippen molar-refractivity contribution in [2.24, 2.45) is 5.92 Å². The number of hydrogen-bond acceptors (Lipinski definition) is 1. The summed E-state index contributed by atoms with van der Waals surface area (Å²) in [4.78, 5) is 0. The van der Waals surface area contributed by atoms with E-state index in [1.54, 1.807) is 6.92 Å². The lowest BCUT2D eigenvalue weighted by Crippen LogP contribution is -1.93. The molecule has 3 atom stereocenters. The van der Waals surface area contributed by atoms with Crippen LogP contribution in [-0.4, -0.2) is 9.44 Å². The van der Waals surface area contributed by atoms with Crippen molar-refractivity contribution in [2.45, 2.75) is 36.6 Å². The van der Waals surface area contributed by atoms with Gasteiger partial charge in [-0.1, -0.05) is 31.2 Å². The fourth-order valence-corrected chi connectivity index (χ4v) is 3.33. The van der Waals surface area contributed by atoms with Crippen molar-refractivity contribution in [3.8, 4) is 0 Å². The van der Waals surface area contributed by atoms with Gasteiger partial charge in [0.2, 0.25) is 0 Å². The lowest BCUT2D eigenvalue weighted by Gasteiger charge is -2.06. The number of rotatable bonds is 3. The molecule has 0 heterocycles. The Hall–Kier alpha value is -0.240. The van der Waals surface area contributed by atoms with Crippen molar-refractivity contribution in [3.63, 3.8) is 0 Å². The van der Waals surface area contributed by atoms with Gasteiger partial charge in [-0.2, -0.15) is 0 Å². The van der Waals surface area contributed by atoms with Gasteiger partial charge in [0.05, 0.1) is 6.10 Å². The molecule has 1 nitrogen and oxygen atoms in total. The molecule has 0 saturated heterocycles. The molecule has 0 amide bonds. The molecule has 0 aliphatic heterocycles. The van der Waals surface area contributed by atoms with Gasteiger partial charge in [-0.3, -0.25) is 0 Å². The normalized spacial score (nSPS) is 28.8. The van der Waals surface area contributed by atoms with Gasteiger partial charge < -0.3 is 5.11 Å². The Morgan fingerprint density at radius 2 is 1.88 bits per heavy atom. The molecule has 0 bridgehead atoms. The zero-order chi connectivity index (χ0) is 11.9. The molecule has 3 heteroatoms. The van der Waals surface area contributed by atoms with Crippen LogP contribution in [0.15, 0.2) is 24.3 Å². The lowest BCUT2D eigenvalue weighted by molar-refractivity contribution is 0.199. The average molecular weight is 259 g/mol. The zero-order valence-electron chi connectivity index (χ0n) is 9.45. The summed E-state index contributed by atoms with van der Waals surface area (Å²) in [5.74, 6) is 0.595. The summed E-state index contributed by atoms with van der Waals surface area (Å²) in [6.45, 7) is 3.86. The van der Waals surface area contributed by atoms with Crippen molar-refractivity contribution in [1.29, 1.82) is 0 Å². The van der Waals surface area contributed by atoms with E-state index < -0.39 is 10.4 Å². The van der Waals surface area contributed by atoms with Crippen LogP contribution in [0.5, 0.6) is 0 Å². The molecule has 1 saturated carbocycles. The SMILES string of the molecule is CCC1C(c2ccc(C(C)O)cc2)C1(Cl)Cl. The molecular formula is C13H16Cl2O. The second-order valence-corrected chi connectivity index (χ2v) is 5.95. The second-order valence-electron chi connectivity index (χ2n) is 4.51. The number of benzene rings is 1. The summed E-state index contributed by atoms with van der Waals surface area (Å²) in [5.41, 5.74) is 2.09. The molecule has 16 heavy (non-hydrogen) atoms. The molecule has 3 unspecified atom stereocenters. The van der Waals surface area contributed by atoms with E-state index in [0.717, 1.165) is 12.0 Å². The van der Waals surface area contributed by atoms with Gasteiger partial charge in [0.15, 0.2) is 0 Å². The smallest absolute Gasteiger partial charge is 0.129 e. The highest BCUT2D eigenvalue weighted by Gasteiger charge is 2.62. The molecule has 1 aliphatic carbocycles. The molecular weight excluding hydrogens is 243 g/mol. The third-order valence-corrected chi connectivity index (χ3v) is 4.45. The van der Waals surface area contributed by atoms with Crippen LogP contribution in [0.1, 0.15) is 43.4 Å². The van der Waals surface area contributed by atoms with E-state index in [1.807, 2.05) is 24.3 Å². The molecule has 0 spiro atoms. The largest absolute Gasteiger partial charge is 0.389 e. The van der Waals surface area contributed by atoms with Gasteiger partial charge in [-0.15, -0.1) is 23.2 Å². The highest BCUT2D eigenvalue weighted by Crippen LogP contribution is 2.66. The van der Waals surface area contributed by atoms with E-state index in [2.05, 4.69) is 6.92 Å². The first-order valence-electron chi connectivity index (χ1n) is 5.64. The standard InChI is InChI=1S/C13H16Cl2O/c1-3-11-12(13(11,14)15)10-6-4-9(5-7-10)8(2)16/h4-8,11-12,16H,3H2,1-2H3. The van der Waals surface area contributed by atoms with E-state index >= 15 is 0 Å². The van der Waals surface area contributed by atoms with Crippen LogP contribution in [0.2, 0.25) is 0 Å². The molecule has 1 fully saturated rings. The number of aliphatic hydroxyl groups excluding tert-OH is 1. The fourth-order valence-electron chi connectivity index (χ4n) is 2.33. The van der Waals surface area contributed by atoms with Crippen LogP contribution in [-0.2, 0) is 0 Å². The van der Waals surface area contributed by atoms with Crippen LogP contribution in [0, 0.1) is 5.92 Å². The summed E-state index contributed by atoms with van der Waals surface area (Å²) in [5, 5.41) is 9.42. The number of aliphatic hydroxyl groups is 1. The van der Waals surface area contributed by atoms with Crippen molar-refractivity contribution in [1.82, 2.24) is 0 Å². The zero-order valence-corrected chi connectivity index (χ0v) is 11.0. The summed E-state index contributed by atoms with van der Waals surface area (Å²) >= 11 is 12.5. The van der Waals surface area contributed by atoms with Crippen LogP contribution in [0.3, 0.4) is 0 Å². The third kappa shape index (κ3) is 1.97. The maximum absolute atomic E-state index is 9.42. The van der Waals surface area contributed by atoms with Crippen LogP contribution >= 0.6 is 23.2 Å². The minimum Gasteiger partial charge on any atom is -0.389 e. The number of halogens is 2. The second kappa shape index (κ2) is 4.21. The summed E-state index contributed by atoms with van der Waals surface area (Å²) in [7, 11) is 0. The molecule has 0 aromatic heterocycles. The lowest BCUT2D eigenvalue weighted by atomic mass is 10.0. The molecule has 1 aliphatic rings. The van der Waals surface area contributed by atoms with Crippen molar-refractivity contribution in [3.05, 3.63) is 35.4 Å². The monoisotopic (exact) mass is 258 g/mol. The van der Waals surface area contributed by atoms with Crippen molar-refractivity contribution >= 4 is 23.2 Å². The molecule has 2 rings (SSSR count). The van der Waals surface area contributed by atoms with Crippen LogP contribution in [0.4, 0.5) is 0 Å². The van der Waals surface area contributed by atoms with Crippen molar-refractivity contribution < 1.29 is 5.11 Å². The van der Waals surface area contributed by atoms with E-state index in [1.165, 1.54) is 5.56 Å². The van der Waals surface area contributed by atoms with E-state index in [-0.39, 0.29) is 5.92 Å². The highest BCUT2D eigenvalue weighted by molar-refractivity contribution is 6.51. The molecule has 1 aromatic carbocycles. The first-order valence-corrected chi connectivity index (χ1v) is 6.39. The van der Waals surface area contributed by atoms with Gasteiger partial charge in [0, 0.05) is 11.8 Å². The van der Waals surface area contributed by atoms with Gasteiger partial charge in [0.1, 0.15) is 4.33 Å². The van der Waals surface area contributed by atoms with E-state index in [4.69, 9.17) is 23.2 Å². The van der Waals surface area contributed by atoms with Crippen molar-refractivity contribution in [2.75, 3.05) is 0 Å². The van der Waals surface area contributed by atoms with Gasteiger partial charge >= 0.3 is 0 Å². The summed E-state index contributed by atoms with van der Waals surface area (Å²) < 4.78 is -0.596. The Kier molecular flexibility index (Phi) is 3.22. The maximum atomic E-state index is 9.42. The predicted molar refractivity (Wildman–Crippen MR) is 68.0 cm³/mol. The third-order valence-electron chi connectivity index (χ3n) is 3.42. The van der Waals surface area contributed by atoms with Gasteiger partial charge in [-0.05, 0) is 24.5 Å². The maximum Gasteiger partial charge on any atom is 0.129 e. The fraction of sp³-hybridized carbons (Fsp3) is 0.538. The number of alkyl halides is 2. The average Bonchev–Trinajstić information content (AvgIpc) is 2.80. The van der Waals surface area contributed by atoms with Crippen LogP contribution < -0.4 is 0 Å². The molecule has 1 N–H and O–H groups in total. The minimum atomic E-state index is -0.596. The van der Waals surface area contributed by atoms with Gasteiger partial charge in [-0.25, -0.2) is 0 Å². The Labute approximate surface area is 106 Å². The topological polar surface area (TPSA) is 20.2 Å². The highest BCUT2D eigenvalue weighted by atomic mass is 35.5. The number of hydrogen-bond donors (Lipinski definition) is 1. The summed E-state index contributed by atoms with van der Waals surface area (Å²) in [6.07, 6.45) is 0.572. The Morgan fingerprint density at radius 3 is 2.25 bits per heavy atom. The van der Waals surface area contributed by atoms with E-state index in [0.29, 0.717) is 5.92 Å². The Bertz CT molecular complexity index is 370. The van der Waals surface area contributed by atoms with Crippen LogP contribution in [0.25, 0.3) is 0 Å². The molecule has 1 aromatic rings. The minimum absolute atomic E-state index is 0.240. The quantitative estimate of drug-likeness (QED) is 0.812. The van der Waals surface area contributed by atoms with Gasteiger partial charge in [0.25, 0.3) is 0 Å². The van der Waals surface area contributed by atoms with E-state index in [9.17, 15) is 5.11 Å². The predicted octanol–water partition coefficient (Wildman–Crippen LogP) is 4.04. The Balaban J connectivity index is 2.18. The first-order chi connectivity index (χ1) is 7.48.